The normalized spacial score (nSPS) is 18.6. The number of fused-ring (bicyclic) bond motifs is 2. The van der Waals surface area contributed by atoms with E-state index in [4.69, 9.17) is 20.7 Å². The topological polar surface area (TPSA) is 93.2 Å². The average Bonchev–Trinajstić information content (AvgIpc) is 2.62. The SMILES string of the molecule is C.NC1COCc2cc(Br)ccc21.[AlH3].[H-].[Li+].[N-]=[N+]=NC1COCc2cc(Br)ccc21. The van der Waals surface area contributed by atoms with Gasteiger partial charge in [-0.2, -0.15) is 0 Å². The molecule has 4 rings (SSSR count). The molecule has 0 aliphatic carbocycles. The minimum atomic E-state index is -0.183. The fourth-order valence-electron chi connectivity index (χ4n) is 3.00. The van der Waals surface area contributed by atoms with Gasteiger partial charge in [-0.3, -0.25) is 0 Å². The molecule has 2 aliphatic rings. The number of hydrogen-bond donors (Lipinski definition) is 1. The molecule has 0 spiro atoms. The van der Waals surface area contributed by atoms with Crippen molar-refractivity contribution in [2.45, 2.75) is 32.7 Å². The molecule has 2 N–H and O–H groups in total. The zero-order valence-corrected chi connectivity index (χ0v) is 18.1. The smallest absolute Gasteiger partial charge is 1.00 e. The minimum absolute atomic E-state index is 0. The molecule has 2 unspecified atom stereocenters. The molecule has 0 saturated carbocycles. The van der Waals surface area contributed by atoms with E-state index in [1.165, 1.54) is 11.1 Å². The number of azide groups is 1. The van der Waals surface area contributed by atoms with Gasteiger partial charge in [0.25, 0.3) is 0 Å². The number of halogens is 2. The van der Waals surface area contributed by atoms with E-state index in [1.807, 2.05) is 24.3 Å². The Labute approximate surface area is 212 Å². The molecule has 6 nitrogen and oxygen atoms in total. The van der Waals surface area contributed by atoms with E-state index in [-0.39, 0.29) is 57.2 Å². The van der Waals surface area contributed by atoms with Gasteiger partial charge in [0, 0.05) is 13.9 Å². The molecule has 0 fully saturated rings. The van der Waals surface area contributed by atoms with E-state index in [9.17, 15) is 0 Å². The van der Waals surface area contributed by atoms with Gasteiger partial charge in [-0.15, -0.1) is 0 Å². The monoisotopic (exact) mass is 534 g/mol. The molecule has 0 amide bonds. The summed E-state index contributed by atoms with van der Waals surface area (Å²) in [5, 5.41) is 3.69. The summed E-state index contributed by atoms with van der Waals surface area (Å²) in [6, 6.07) is 11.9. The van der Waals surface area contributed by atoms with E-state index in [2.05, 4.69) is 54.0 Å². The maximum absolute atomic E-state index is 8.39. The predicted molar refractivity (Wildman–Crippen MR) is 124 cm³/mol. The van der Waals surface area contributed by atoms with Crippen molar-refractivity contribution < 1.29 is 29.8 Å². The van der Waals surface area contributed by atoms with Gasteiger partial charge < -0.3 is 16.6 Å². The van der Waals surface area contributed by atoms with Gasteiger partial charge in [-0.25, -0.2) is 0 Å². The van der Waals surface area contributed by atoms with Crippen LogP contribution in [0.5, 0.6) is 0 Å². The standard InChI is InChI=1S/C9H8BrN3O.C9H10BrNO.CH4.Al.Li.4H/c10-7-1-2-8-6(3-7)4-14-5-9(8)12-13-11;10-7-1-2-8-6(3-7)4-12-5-9(8)11;;;;;;;/h1-3,9H,4-5H2;1-3,9H,4-5,11H2;1H4;;;;;;/q;;;;+1;;;;-1. The van der Waals surface area contributed by atoms with Crippen molar-refractivity contribution in [2.75, 3.05) is 13.2 Å². The van der Waals surface area contributed by atoms with Gasteiger partial charge in [0.15, 0.2) is 17.4 Å². The molecule has 2 atom stereocenters. The summed E-state index contributed by atoms with van der Waals surface area (Å²) in [6.45, 7) is 2.38. The van der Waals surface area contributed by atoms with Gasteiger partial charge in [-0.1, -0.05) is 56.5 Å². The first-order chi connectivity index (χ1) is 12.6. The van der Waals surface area contributed by atoms with Gasteiger partial charge in [0.2, 0.25) is 0 Å². The molecule has 0 radical (unpaired) electrons. The molecule has 0 aromatic heterocycles. The quantitative estimate of drug-likeness (QED) is 0.261. The van der Waals surface area contributed by atoms with Gasteiger partial charge in [0.05, 0.1) is 38.5 Å². The molecule has 2 aromatic rings. The van der Waals surface area contributed by atoms with E-state index >= 15 is 0 Å². The Kier molecular flexibility index (Phi) is 13.8. The molecule has 29 heavy (non-hydrogen) atoms. The zero-order valence-electron chi connectivity index (χ0n) is 15.9. The first-order valence-electron chi connectivity index (χ1n) is 8.10. The molecule has 2 heterocycles. The van der Waals surface area contributed by atoms with Crippen LogP contribution in [0.3, 0.4) is 0 Å². The fraction of sp³-hybridized carbons (Fsp3) is 0.368. The summed E-state index contributed by atoms with van der Waals surface area (Å²) in [5.74, 6) is 0. The van der Waals surface area contributed by atoms with Crippen LogP contribution in [0.15, 0.2) is 50.5 Å². The van der Waals surface area contributed by atoms with Gasteiger partial charge in [-0.05, 0) is 52.1 Å². The van der Waals surface area contributed by atoms with Crippen LogP contribution in [0.4, 0.5) is 0 Å². The number of hydrogen-bond acceptors (Lipinski definition) is 4. The number of rotatable bonds is 1. The van der Waals surface area contributed by atoms with Gasteiger partial charge >= 0.3 is 18.9 Å². The summed E-state index contributed by atoms with van der Waals surface area (Å²) in [6.07, 6.45) is 0. The van der Waals surface area contributed by atoms with Gasteiger partial charge in [0.1, 0.15) is 0 Å². The van der Waals surface area contributed by atoms with Crippen LogP contribution in [0.1, 0.15) is 43.2 Å². The van der Waals surface area contributed by atoms with Crippen molar-refractivity contribution in [1.29, 1.82) is 0 Å². The second-order valence-electron chi connectivity index (χ2n) is 6.04. The van der Waals surface area contributed by atoms with Crippen molar-refractivity contribution >= 4 is 49.2 Å². The second-order valence-corrected chi connectivity index (χ2v) is 7.88. The van der Waals surface area contributed by atoms with E-state index in [0.29, 0.717) is 26.4 Å². The van der Waals surface area contributed by atoms with Crippen LogP contribution in [-0.4, -0.2) is 30.6 Å². The van der Waals surface area contributed by atoms with E-state index in [1.54, 1.807) is 0 Å². The van der Waals surface area contributed by atoms with Crippen LogP contribution in [0.2, 0.25) is 0 Å². The third-order valence-electron chi connectivity index (χ3n) is 4.25. The van der Waals surface area contributed by atoms with Crippen molar-refractivity contribution in [3.63, 3.8) is 0 Å². The Morgan fingerprint density at radius 3 is 2.10 bits per heavy atom. The number of benzene rings is 2. The average molecular weight is 536 g/mol. The third-order valence-corrected chi connectivity index (χ3v) is 5.23. The number of nitrogens with zero attached hydrogens (tertiary/aromatic N) is 3. The van der Waals surface area contributed by atoms with Crippen molar-refractivity contribution in [2.24, 2.45) is 10.8 Å². The summed E-state index contributed by atoms with van der Waals surface area (Å²) < 4.78 is 12.7. The first-order valence-corrected chi connectivity index (χ1v) is 9.69. The predicted octanol–water partition coefficient (Wildman–Crippen LogP) is 1.88. The molecule has 2 aliphatic heterocycles. The Bertz CT molecular complexity index is 859. The summed E-state index contributed by atoms with van der Waals surface area (Å²) in [4.78, 5) is 2.81. The molecular weight excluding hydrogens is 510 g/mol. The van der Waals surface area contributed by atoms with Crippen molar-refractivity contribution in [3.05, 3.63) is 78.0 Å². The molecule has 152 valence electrons. The molecule has 10 heteroatoms. The zero-order chi connectivity index (χ0) is 18.5. The summed E-state index contributed by atoms with van der Waals surface area (Å²) in [7, 11) is 0. The van der Waals surface area contributed by atoms with E-state index in [0.717, 1.165) is 20.1 Å². The van der Waals surface area contributed by atoms with Crippen LogP contribution in [0, 0.1) is 0 Å². The fourth-order valence-corrected chi connectivity index (χ4v) is 3.82. The number of ether oxygens (including phenoxy) is 2. The molecular formula is C19H26AlBr2LiN4O2. The minimum Gasteiger partial charge on any atom is -1.00 e. The maximum Gasteiger partial charge on any atom is 1.00 e. The molecule has 0 bridgehead atoms. The Balaban J connectivity index is 0. The largest absolute Gasteiger partial charge is 1.00 e. The number of nitrogens with two attached hydrogens (primary N) is 1. The van der Waals surface area contributed by atoms with Crippen LogP contribution >= 0.6 is 31.9 Å². The Morgan fingerprint density at radius 2 is 1.52 bits per heavy atom. The van der Waals surface area contributed by atoms with Crippen LogP contribution in [-0.2, 0) is 22.7 Å². The molecule has 0 saturated heterocycles. The summed E-state index contributed by atoms with van der Waals surface area (Å²) >= 11 is 6.80. The Hall–Kier alpha value is -0.280. The first kappa shape index (κ1) is 28.7. The van der Waals surface area contributed by atoms with Crippen LogP contribution < -0.4 is 24.6 Å². The van der Waals surface area contributed by atoms with E-state index < -0.39 is 0 Å². The van der Waals surface area contributed by atoms with Crippen molar-refractivity contribution in [1.82, 2.24) is 0 Å². The maximum atomic E-state index is 8.39. The summed E-state index contributed by atoms with van der Waals surface area (Å²) in [5.41, 5.74) is 18.8. The van der Waals surface area contributed by atoms with Crippen molar-refractivity contribution in [3.8, 4) is 0 Å². The Morgan fingerprint density at radius 1 is 1.00 bits per heavy atom. The third kappa shape index (κ3) is 7.73. The second kappa shape index (κ2) is 13.9. The molecule has 2 aromatic carbocycles. The van der Waals surface area contributed by atoms with Crippen LogP contribution in [0.25, 0.3) is 10.4 Å².